The Morgan fingerprint density at radius 1 is 1.36 bits per heavy atom. The lowest BCUT2D eigenvalue weighted by molar-refractivity contribution is -0.141. The molecule has 1 aromatic heterocycles. The van der Waals surface area contributed by atoms with Gasteiger partial charge in [-0.1, -0.05) is 11.6 Å². The molecule has 0 aromatic carbocycles. The molecule has 14 heavy (non-hydrogen) atoms. The summed E-state index contributed by atoms with van der Waals surface area (Å²) in [5.74, 6) is 0. The van der Waals surface area contributed by atoms with Crippen LogP contribution in [0.25, 0.3) is 0 Å². The van der Waals surface area contributed by atoms with Crippen LogP contribution >= 0.6 is 23.2 Å². The fourth-order valence-electron chi connectivity index (χ4n) is 0.738. The normalized spacial score (nSPS) is 11.5. The number of hydrogen-bond donors (Lipinski definition) is 0. The van der Waals surface area contributed by atoms with Crippen LogP contribution in [-0.2, 0) is 6.18 Å². The Labute approximate surface area is 86.6 Å². The van der Waals surface area contributed by atoms with Crippen molar-refractivity contribution in [3.8, 4) is 0 Å². The smallest absolute Gasteiger partial charge is 0.274 e. The van der Waals surface area contributed by atoms with Crippen molar-refractivity contribution >= 4 is 28.4 Å². The van der Waals surface area contributed by atoms with E-state index in [9.17, 15) is 18.0 Å². The maximum atomic E-state index is 12.1. The highest BCUT2D eigenvalue weighted by Crippen LogP contribution is 2.29. The summed E-state index contributed by atoms with van der Waals surface area (Å²) < 4.78 is 36.3. The number of carbonyl (C=O) groups excluding carboxylic acids is 1. The van der Waals surface area contributed by atoms with E-state index < -0.39 is 22.8 Å². The third-order valence-corrected chi connectivity index (χ3v) is 1.81. The van der Waals surface area contributed by atoms with Gasteiger partial charge in [-0.2, -0.15) is 13.2 Å². The van der Waals surface area contributed by atoms with Gasteiger partial charge in [-0.05, 0) is 23.7 Å². The van der Waals surface area contributed by atoms with Crippen molar-refractivity contribution in [2.45, 2.75) is 6.18 Å². The monoisotopic (exact) mass is 243 g/mol. The number of carbonyl (C=O) groups is 1. The molecule has 76 valence electrons. The molecule has 0 aliphatic heterocycles. The summed E-state index contributed by atoms with van der Waals surface area (Å²) in [7, 11) is 0. The molecular weight excluding hydrogens is 242 g/mol. The summed E-state index contributed by atoms with van der Waals surface area (Å²) >= 11 is 10.4. The van der Waals surface area contributed by atoms with Crippen molar-refractivity contribution in [1.82, 2.24) is 4.98 Å². The number of aromatic nitrogens is 1. The molecule has 0 amide bonds. The third kappa shape index (κ3) is 2.36. The van der Waals surface area contributed by atoms with E-state index in [2.05, 4.69) is 4.98 Å². The second-order valence-electron chi connectivity index (χ2n) is 2.30. The summed E-state index contributed by atoms with van der Waals surface area (Å²) in [6.45, 7) is 0. The number of hydrogen-bond acceptors (Lipinski definition) is 2. The zero-order valence-corrected chi connectivity index (χ0v) is 7.91. The standard InChI is InChI=1S/C7H2Cl2F3NO/c8-3-1-2-4(7(10,11)12)13-5(3)6(9)14/h1-2H. The van der Waals surface area contributed by atoms with E-state index in [1.165, 1.54) is 0 Å². The van der Waals surface area contributed by atoms with Gasteiger partial charge in [0.05, 0.1) is 5.02 Å². The molecule has 0 spiro atoms. The predicted molar refractivity (Wildman–Crippen MR) is 44.4 cm³/mol. The Kier molecular flexibility index (Phi) is 3.01. The van der Waals surface area contributed by atoms with Crippen LogP contribution in [-0.4, -0.2) is 10.2 Å². The molecule has 0 atom stereocenters. The van der Waals surface area contributed by atoms with Gasteiger partial charge in [0.25, 0.3) is 5.24 Å². The lowest BCUT2D eigenvalue weighted by Crippen LogP contribution is -2.10. The van der Waals surface area contributed by atoms with Gasteiger partial charge in [0.1, 0.15) is 11.4 Å². The van der Waals surface area contributed by atoms with Crippen LogP contribution in [0.4, 0.5) is 13.2 Å². The summed E-state index contributed by atoms with van der Waals surface area (Å²) in [6, 6.07) is 1.60. The quantitative estimate of drug-likeness (QED) is 0.710. The fraction of sp³-hybridized carbons (Fsp3) is 0.143. The minimum Gasteiger partial charge on any atom is -0.274 e. The Bertz CT molecular complexity index is 378. The Morgan fingerprint density at radius 3 is 2.36 bits per heavy atom. The van der Waals surface area contributed by atoms with Crippen molar-refractivity contribution in [1.29, 1.82) is 0 Å². The first-order valence-electron chi connectivity index (χ1n) is 3.26. The molecule has 1 rings (SSSR count). The molecule has 0 aliphatic rings. The molecule has 0 aliphatic carbocycles. The largest absolute Gasteiger partial charge is 0.433 e. The van der Waals surface area contributed by atoms with Gasteiger partial charge < -0.3 is 0 Å². The molecular formula is C7H2Cl2F3NO. The van der Waals surface area contributed by atoms with Gasteiger partial charge >= 0.3 is 6.18 Å². The summed E-state index contributed by atoms with van der Waals surface area (Å²) in [5.41, 5.74) is -1.80. The van der Waals surface area contributed by atoms with E-state index in [1.54, 1.807) is 0 Å². The molecule has 1 heterocycles. The SMILES string of the molecule is O=C(Cl)c1nc(C(F)(F)F)ccc1Cl. The first-order valence-corrected chi connectivity index (χ1v) is 4.01. The summed E-state index contributed by atoms with van der Waals surface area (Å²) in [5, 5.41) is -1.33. The molecule has 0 radical (unpaired) electrons. The average Bonchev–Trinajstić information content (AvgIpc) is 2.02. The summed E-state index contributed by atoms with van der Waals surface area (Å²) in [4.78, 5) is 13.6. The van der Waals surface area contributed by atoms with Crippen molar-refractivity contribution in [3.05, 3.63) is 28.5 Å². The number of halogens is 5. The molecule has 0 saturated heterocycles. The zero-order valence-electron chi connectivity index (χ0n) is 6.40. The maximum absolute atomic E-state index is 12.1. The van der Waals surface area contributed by atoms with E-state index in [1.807, 2.05) is 0 Å². The summed E-state index contributed by atoms with van der Waals surface area (Å²) in [6.07, 6.45) is -4.62. The van der Waals surface area contributed by atoms with Crippen LogP contribution in [0, 0.1) is 0 Å². The van der Waals surface area contributed by atoms with Gasteiger partial charge in [-0.3, -0.25) is 4.79 Å². The molecule has 0 bridgehead atoms. The zero-order chi connectivity index (χ0) is 10.9. The molecule has 2 nitrogen and oxygen atoms in total. The van der Waals surface area contributed by atoms with E-state index >= 15 is 0 Å². The van der Waals surface area contributed by atoms with Crippen LogP contribution in [0.2, 0.25) is 5.02 Å². The Morgan fingerprint density at radius 2 is 1.93 bits per heavy atom. The number of nitrogens with zero attached hydrogens (tertiary/aromatic N) is 1. The minimum atomic E-state index is -4.62. The van der Waals surface area contributed by atoms with E-state index in [0.717, 1.165) is 6.07 Å². The molecule has 0 saturated carbocycles. The van der Waals surface area contributed by atoms with Gasteiger partial charge in [0, 0.05) is 0 Å². The van der Waals surface area contributed by atoms with Crippen molar-refractivity contribution in [3.63, 3.8) is 0 Å². The van der Waals surface area contributed by atoms with Crippen LogP contribution < -0.4 is 0 Å². The predicted octanol–water partition coefficient (Wildman–Crippen LogP) is 3.13. The first-order chi connectivity index (χ1) is 6.32. The van der Waals surface area contributed by atoms with Crippen LogP contribution in [0.15, 0.2) is 12.1 Å². The maximum Gasteiger partial charge on any atom is 0.433 e. The van der Waals surface area contributed by atoms with Crippen molar-refractivity contribution < 1.29 is 18.0 Å². The number of alkyl halides is 3. The third-order valence-electron chi connectivity index (χ3n) is 1.32. The highest BCUT2D eigenvalue weighted by Gasteiger charge is 2.33. The molecule has 0 N–H and O–H groups in total. The molecule has 1 aromatic rings. The average molecular weight is 244 g/mol. The Balaban J connectivity index is 3.27. The Hall–Kier alpha value is -0.810. The van der Waals surface area contributed by atoms with E-state index in [0.29, 0.717) is 6.07 Å². The lowest BCUT2D eigenvalue weighted by Gasteiger charge is -2.06. The van der Waals surface area contributed by atoms with Gasteiger partial charge in [0.2, 0.25) is 0 Å². The van der Waals surface area contributed by atoms with Crippen LogP contribution in [0.3, 0.4) is 0 Å². The topological polar surface area (TPSA) is 30.0 Å². The molecule has 7 heteroatoms. The fourth-order valence-corrected chi connectivity index (χ4v) is 1.12. The second kappa shape index (κ2) is 3.74. The van der Waals surface area contributed by atoms with Gasteiger partial charge in [-0.25, -0.2) is 4.98 Å². The number of rotatable bonds is 1. The number of pyridine rings is 1. The second-order valence-corrected chi connectivity index (χ2v) is 3.05. The highest BCUT2D eigenvalue weighted by atomic mass is 35.5. The van der Waals surface area contributed by atoms with Crippen molar-refractivity contribution in [2.24, 2.45) is 0 Å². The van der Waals surface area contributed by atoms with Gasteiger partial charge in [0.15, 0.2) is 0 Å². The first kappa shape index (κ1) is 11.3. The molecule has 0 unspecified atom stereocenters. The van der Waals surface area contributed by atoms with Gasteiger partial charge in [-0.15, -0.1) is 0 Å². The van der Waals surface area contributed by atoms with Crippen LogP contribution in [0.1, 0.15) is 16.2 Å². The minimum absolute atomic E-state index is 0.210. The molecule has 0 fully saturated rings. The van der Waals surface area contributed by atoms with Crippen LogP contribution in [0.5, 0.6) is 0 Å². The lowest BCUT2D eigenvalue weighted by atomic mass is 10.3. The van der Waals surface area contributed by atoms with Crippen molar-refractivity contribution in [2.75, 3.05) is 0 Å². The van der Waals surface area contributed by atoms with E-state index in [-0.39, 0.29) is 5.02 Å². The highest BCUT2D eigenvalue weighted by molar-refractivity contribution is 6.68. The van der Waals surface area contributed by atoms with E-state index in [4.69, 9.17) is 23.2 Å².